The summed E-state index contributed by atoms with van der Waals surface area (Å²) in [7, 11) is 1.96. The minimum atomic E-state index is 0.879. The molecule has 17 heavy (non-hydrogen) atoms. The van der Waals surface area contributed by atoms with E-state index in [4.69, 9.17) is 4.74 Å². The first-order chi connectivity index (χ1) is 8.40. The van der Waals surface area contributed by atoms with E-state index >= 15 is 0 Å². The zero-order valence-corrected chi connectivity index (χ0v) is 10.0. The Hall–Kier alpha value is -1.80. The highest BCUT2D eigenvalue weighted by Gasteiger charge is 2.03. The molecule has 2 aromatic rings. The topological polar surface area (TPSA) is 21.3 Å². The van der Waals surface area contributed by atoms with Crippen LogP contribution in [0.2, 0.25) is 0 Å². The number of ether oxygens (including phenoxy) is 1. The van der Waals surface area contributed by atoms with Crippen LogP contribution in [0.15, 0.2) is 54.6 Å². The highest BCUT2D eigenvalue weighted by Crippen LogP contribution is 2.24. The monoisotopic (exact) mass is 227 g/mol. The smallest absolute Gasteiger partial charge is 0.130 e. The molecule has 88 valence electrons. The lowest BCUT2D eigenvalue weighted by molar-refractivity contribution is 0.475. The molecule has 0 aliphatic heterocycles. The fourth-order valence-corrected chi connectivity index (χ4v) is 1.69. The van der Waals surface area contributed by atoms with Crippen LogP contribution in [-0.2, 0) is 6.42 Å². The molecule has 0 spiro atoms. The van der Waals surface area contributed by atoms with Crippen molar-refractivity contribution in [2.45, 2.75) is 6.42 Å². The minimum absolute atomic E-state index is 0.879. The summed E-state index contributed by atoms with van der Waals surface area (Å²) in [6.07, 6.45) is 0.972. The molecule has 0 heterocycles. The van der Waals surface area contributed by atoms with Crippen molar-refractivity contribution in [3.8, 4) is 11.5 Å². The number of nitrogens with one attached hydrogen (secondary N) is 1. The van der Waals surface area contributed by atoms with E-state index in [0.29, 0.717) is 0 Å². The molecule has 0 bridgehead atoms. The van der Waals surface area contributed by atoms with Gasteiger partial charge in [-0.1, -0.05) is 36.4 Å². The molecule has 1 N–H and O–H groups in total. The summed E-state index contributed by atoms with van der Waals surface area (Å²) in [5, 5.41) is 3.15. The first-order valence-corrected chi connectivity index (χ1v) is 5.85. The third-order valence-electron chi connectivity index (χ3n) is 2.59. The largest absolute Gasteiger partial charge is 0.457 e. The zero-order chi connectivity index (χ0) is 11.9. The second-order valence-electron chi connectivity index (χ2n) is 3.88. The molecule has 0 radical (unpaired) electrons. The maximum Gasteiger partial charge on any atom is 0.130 e. The molecular formula is C15H17NO. The first-order valence-electron chi connectivity index (χ1n) is 5.85. The lowest BCUT2D eigenvalue weighted by Gasteiger charge is -2.10. The Morgan fingerprint density at radius 2 is 1.65 bits per heavy atom. The maximum absolute atomic E-state index is 5.88. The van der Waals surface area contributed by atoms with Crippen LogP contribution in [0.3, 0.4) is 0 Å². The molecule has 0 aliphatic rings. The number of rotatable bonds is 5. The number of likely N-dealkylation sites (N-methyl/N-ethyl adjacent to an activating group) is 1. The summed E-state index contributed by atoms with van der Waals surface area (Å²) < 4.78 is 5.88. The van der Waals surface area contributed by atoms with Crippen molar-refractivity contribution in [2.24, 2.45) is 0 Å². The van der Waals surface area contributed by atoms with Gasteiger partial charge < -0.3 is 10.1 Å². The second-order valence-corrected chi connectivity index (χ2v) is 3.88. The molecule has 2 aromatic carbocycles. The minimum Gasteiger partial charge on any atom is -0.457 e. The predicted octanol–water partition coefficient (Wildman–Crippen LogP) is 3.24. The van der Waals surface area contributed by atoms with E-state index in [-0.39, 0.29) is 0 Å². The van der Waals surface area contributed by atoms with E-state index in [1.807, 2.05) is 55.6 Å². The van der Waals surface area contributed by atoms with Crippen LogP contribution in [0.5, 0.6) is 11.5 Å². The van der Waals surface area contributed by atoms with Gasteiger partial charge >= 0.3 is 0 Å². The van der Waals surface area contributed by atoms with E-state index in [1.165, 1.54) is 5.56 Å². The van der Waals surface area contributed by atoms with Gasteiger partial charge in [0.2, 0.25) is 0 Å². The molecule has 0 saturated heterocycles. The SMILES string of the molecule is CNCCc1ccccc1Oc1ccccc1. The van der Waals surface area contributed by atoms with Gasteiger partial charge in [-0.3, -0.25) is 0 Å². The molecule has 2 rings (SSSR count). The van der Waals surface area contributed by atoms with E-state index in [1.54, 1.807) is 0 Å². The van der Waals surface area contributed by atoms with Crippen molar-refractivity contribution in [1.82, 2.24) is 5.32 Å². The summed E-state index contributed by atoms with van der Waals surface area (Å²) in [6.45, 7) is 0.954. The number of hydrogen-bond donors (Lipinski definition) is 1. The van der Waals surface area contributed by atoms with E-state index in [0.717, 1.165) is 24.5 Å². The molecule has 0 fully saturated rings. The van der Waals surface area contributed by atoms with Crippen molar-refractivity contribution in [1.29, 1.82) is 0 Å². The van der Waals surface area contributed by atoms with Gasteiger partial charge in [-0.2, -0.15) is 0 Å². The van der Waals surface area contributed by atoms with Crippen LogP contribution in [0, 0.1) is 0 Å². The lowest BCUT2D eigenvalue weighted by atomic mass is 10.1. The fraction of sp³-hybridized carbons (Fsp3) is 0.200. The molecule has 0 aliphatic carbocycles. The van der Waals surface area contributed by atoms with Gasteiger partial charge in [0, 0.05) is 0 Å². The van der Waals surface area contributed by atoms with E-state index in [2.05, 4.69) is 11.4 Å². The normalized spacial score (nSPS) is 10.2. The predicted molar refractivity (Wildman–Crippen MR) is 70.6 cm³/mol. The first kappa shape index (κ1) is 11.7. The summed E-state index contributed by atoms with van der Waals surface area (Å²) in [5.41, 5.74) is 1.23. The molecule has 0 amide bonds. The molecule has 2 heteroatoms. The molecular weight excluding hydrogens is 210 g/mol. The Labute approximate surface area is 102 Å². The van der Waals surface area contributed by atoms with Gasteiger partial charge in [-0.15, -0.1) is 0 Å². The quantitative estimate of drug-likeness (QED) is 0.846. The van der Waals surface area contributed by atoms with Crippen LogP contribution in [0.1, 0.15) is 5.56 Å². The molecule has 2 nitrogen and oxygen atoms in total. The lowest BCUT2D eigenvalue weighted by Crippen LogP contribution is -2.10. The Balaban J connectivity index is 2.15. The average Bonchev–Trinajstić information content (AvgIpc) is 2.39. The third-order valence-corrected chi connectivity index (χ3v) is 2.59. The van der Waals surface area contributed by atoms with E-state index < -0.39 is 0 Å². The van der Waals surface area contributed by atoms with Crippen molar-refractivity contribution in [3.63, 3.8) is 0 Å². The van der Waals surface area contributed by atoms with Crippen molar-refractivity contribution >= 4 is 0 Å². The number of para-hydroxylation sites is 2. The molecule has 0 aromatic heterocycles. The van der Waals surface area contributed by atoms with Gasteiger partial charge in [0.15, 0.2) is 0 Å². The van der Waals surface area contributed by atoms with Crippen molar-refractivity contribution < 1.29 is 4.74 Å². The Morgan fingerprint density at radius 1 is 0.941 bits per heavy atom. The van der Waals surface area contributed by atoms with Crippen molar-refractivity contribution in [2.75, 3.05) is 13.6 Å². The van der Waals surface area contributed by atoms with Gasteiger partial charge in [0.25, 0.3) is 0 Å². The van der Waals surface area contributed by atoms with Crippen LogP contribution in [0.25, 0.3) is 0 Å². The van der Waals surface area contributed by atoms with Gasteiger partial charge in [-0.05, 0) is 43.8 Å². The second kappa shape index (κ2) is 6.06. The summed E-state index contributed by atoms with van der Waals surface area (Å²) in [6, 6.07) is 18.0. The third kappa shape index (κ3) is 3.33. The molecule has 0 unspecified atom stereocenters. The molecule has 0 atom stereocenters. The highest BCUT2D eigenvalue weighted by molar-refractivity contribution is 5.37. The average molecular weight is 227 g/mol. The van der Waals surface area contributed by atoms with Crippen LogP contribution >= 0.6 is 0 Å². The van der Waals surface area contributed by atoms with Gasteiger partial charge in [0.1, 0.15) is 11.5 Å². The maximum atomic E-state index is 5.88. The standard InChI is InChI=1S/C15H17NO/c1-16-12-11-13-7-5-6-10-15(13)17-14-8-3-2-4-9-14/h2-10,16H,11-12H2,1H3. The summed E-state index contributed by atoms with van der Waals surface area (Å²) >= 11 is 0. The number of benzene rings is 2. The van der Waals surface area contributed by atoms with Crippen molar-refractivity contribution in [3.05, 3.63) is 60.2 Å². The fourth-order valence-electron chi connectivity index (χ4n) is 1.69. The Morgan fingerprint density at radius 3 is 2.41 bits per heavy atom. The van der Waals surface area contributed by atoms with Crippen LogP contribution < -0.4 is 10.1 Å². The van der Waals surface area contributed by atoms with Crippen LogP contribution in [-0.4, -0.2) is 13.6 Å². The zero-order valence-electron chi connectivity index (χ0n) is 10.0. The Bertz CT molecular complexity index is 453. The Kier molecular flexibility index (Phi) is 4.17. The summed E-state index contributed by atoms with van der Waals surface area (Å²) in [5.74, 6) is 1.82. The highest BCUT2D eigenvalue weighted by atomic mass is 16.5. The van der Waals surface area contributed by atoms with Gasteiger partial charge in [-0.25, -0.2) is 0 Å². The van der Waals surface area contributed by atoms with E-state index in [9.17, 15) is 0 Å². The van der Waals surface area contributed by atoms with Gasteiger partial charge in [0.05, 0.1) is 0 Å². The van der Waals surface area contributed by atoms with Crippen LogP contribution in [0.4, 0.5) is 0 Å². The molecule has 0 saturated carbocycles. The summed E-state index contributed by atoms with van der Waals surface area (Å²) in [4.78, 5) is 0. The number of hydrogen-bond acceptors (Lipinski definition) is 2.